The third-order valence-electron chi connectivity index (χ3n) is 4.23. The quantitative estimate of drug-likeness (QED) is 0.671. The van der Waals surface area contributed by atoms with Crippen molar-refractivity contribution in [3.05, 3.63) is 42.1 Å². The van der Waals surface area contributed by atoms with Crippen LogP contribution in [0.2, 0.25) is 0 Å². The van der Waals surface area contributed by atoms with Gasteiger partial charge in [-0.3, -0.25) is 0 Å². The summed E-state index contributed by atoms with van der Waals surface area (Å²) in [5.74, 6) is 0.847. The Bertz CT molecular complexity index is 881. The van der Waals surface area contributed by atoms with Crippen molar-refractivity contribution < 1.29 is 9.47 Å². The van der Waals surface area contributed by atoms with Crippen molar-refractivity contribution in [1.29, 1.82) is 0 Å². The summed E-state index contributed by atoms with van der Waals surface area (Å²) in [5, 5.41) is 5.58. The molecule has 3 aromatic rings. The van der Waals surface area contributed by atoms with Gasteiger partial charge in [0.15, 0.2) is 5.65 Å². The van der Waals surface area contributed by atoms with E-state index >= 15 is 0 Å². The van der Waals surface area contributed by atoms with Crippen LogP contribution >= 0.6 is 0 Å². The predicted octanol–water partition coefficient (Wildman–Crippen LogP) is 3.77. The Morgan fingerprint density at radius 3 is 2.92 bits per heavy atom. The van der Waals surface area contributed by atoms with E-state index in [2.05, 4.69) is 38.0 Å². The molecule has 0 amide bonds. The molecule has 1 aromatic carbocycles. The minimum Gasteiger partial charge on any atom is -0.491 e. The van der Waals surface area contributed by atoms with Crippen LogP contribution in [0.15, 0.2) is 36.5 Å². The zero-order chi connectivity index (χ0) is 16.7. The first-order valence-electron chi connectivity index (χ1n) is 8.31. The van der Waals surface area contributed by atoms with Crippen molar-refractivity contribution >= 4 is 11.0 Å². The molecule has 2 aromatic heterocycles. The lowest BCUT2D eigenvalue weighted by atomic mass is 10.1. The number of benzene rings is 1. The molecule has 1 aliphatic heterocycles. The van der Waals surface area contributed by atoms with Crippen LogP contribution in [-0.4, -0.2) is 34.1 Å². The highest BCUT2D eigenvalue weighted by atomic mass is 16.6. The summed E-state index contributed by atoms with van der Waals surface area (Å²) in [4.78, 5) is 4.86. The molecule has 1 saturated heterocycles. The number of nitrogens with zero attached hydrogens (tertiary/aromatic N) is 3. The molecule has 1 fully saturated rings. The summed E-state index contributed by atoms with van der Waals surface area (Å²) in [5.41, 5.74) is 4.10. The Labute approximate surface area is 141 Å². The maximum atomic E-state index is 5.79. The fourth-order valence-electron chi connectivity index (χ4n) is 2.80. The van der Waals surface area contributed by atoms with E-state index in [9.17, 15) is 0 Å². The van der Waals surface area contributed by atoms with E-state index in [-0.39, 0.29) is 12.1 Å². The lowest BCUT2D eigenvalue weighted by molar-refractivity contribution is 0.263. The lowest BCUT2D eigenvalue weighted by Crippen LogP contribution is -2.04. The van der Waals surface area contributed by atoms with Gasteiger partial charge < -0.3 is 9.47 Å². The zero-order valence-electron chi connectivity index (χ0n) is 14.2. The Balaban J connectivity index is 1.72. The topological polar surface area (TPSA) is 52.5 Å². The van der Waals surface area contributed by atoms with Crippen molar-refractivity contribution in [1.82, 2.24) is 14.8 Å². The smallest absolute Gasteiger partial charge is 0.158 e. The summed E-state index contributed by atoms with van der Waals surface area (Å²) >= 11 is 0. The van der Waals surface area contributed by atoms with Gasteiger partial charge in [0.1, 0.15) is 18.5 Å². The largest absolute Gasteiger partial charge is 0.491 e. The Morgan fingerprint density at radius 2 is 2.17 bits per heavy atom. The number of rotatable bonds is 5. The van der Waals surface area contributed by atoms with Crippen LogP contribution in [0.4, 0.5) is 0 Å². The molecular weight excluding hydrogens is 302 g/mol. The maximum Gasteiger partial charge on any atom is 0.158 e. The van der Waals surface area contributed by atoms with Crippen molar-refractivity contribution in [2.45, 2.75) is 32.9 Å². The fraction of sp³-hybridized carbons (Fsp3) is 0.368. The van der Waals surface area contributed by atoms with Gasteiger partial charge in [-0.1, -0.05) is 12.1 Å². The van der Waals surface area contributed by atoms with Gasteiger partial charge in [0.2, 0.25) is 0 Å². The standard InChI is InChI=1S/C19H21N3O2/c1-12(2)22-19-17(9-20-22)13(3)7-18(21-19)14-5-4-6-15(8-14)23-10-16-11-24-16/h4-9,12,16H,10-11H2,1-3H3. The van der Waals surface area contributed by atoms with E-state index in [1.807, 2.05) is 29.1 Å². The Hall–Kier alpha value is -2.40. The molecule has 5 nitrogen and oxygen atoms in total. The van der Waals surface area contributed by atoms with Crippen molar-refractivity contribution in [2.75, 3.05) is 13.2 Å². The molecule has 1 atom stereocenters. The van der Waals surface area contributed by atoms with Crippen LogP contribution in [0.1, 0.15) is 25.5 Å². The second-order valence-electron chi connectivity index (χ2n) is 6.54. The number of epoxide rings is 1. The molecule has 4 rings (SSSR count). The predicted molar refractivity (Wildman–Crippen MR) is 93.3 cm³/mol. The molecule has 1 aliphatic rings. The molecule has 0 spiro atoms. The SMILES string of the molecule is Cc1cc(-c2cccc(OCC3CO3)c2)nc2c1cnn2C(C)C. The Morgan fingerprint density at radius 1 is 1.33 bits per heavy atom. The van der Waals surface area contributed by atoms with E-state index in [4.69, 9.17) is 14.5 Å². The number of ether oxygens (including phenoxy) is 2. The van der Waals surface area contributed by atoms with Gasteiger partial charge in [-0.25, -0.2) is 9.67 Å². The summed E-state index contributed by atoms with van der Waals surface area (Å²) in [7, 11) is 0. The normalized spacial score (nSPS) is 16.8. The number of hydrogen-bond acceptors (Lipinski definition) is 4. The molecule has 1 unspecified atom stereocenters. The molecule has 0 N–H and O–H groups in total. The van der Waals surface area contributed by atoms with Crippen LogP contribution in [-0.2, 0) is 4.74 Å². The minimum atomic E-state index is 0.255. The molecule has 0 aliphatic carbocycles. The highest BCUT2D eigenvalue weighted by molar-refractivity contribution is 5.82. The molecule has 124 valence electrons. The first kappa shape index (κ1) is 15.1. The number of aryl methyl sites for hydroxylation is 1. The van der Waals surface area contributed by atoms with Gasteiger partial charge in [0.25, 0.3) is 0 Å². The molecule has 0 radical (unpaired) electrons. The first-order valence-corrected chi connectivity index (χ1v) is 8.31. The highest BCUT2D eigenvalue weighted by Gasteiger charge is 2.23. The first-order chi connectivity index (χ1) is 11.6. The van der Waals surface area contributed by atoms with Crippen LogP contribution in [0, 0.1) is 6.92 Å². The van der Waals surface area contributed by atoms with E-state index in [1.165, 1.54) is 5.56 Å². The third kappa shape index (κ3) is 2.87. The van der Waals surface area contributed by atoms with Crippen LogP contribution in [0.3, 0.4) is 0 Å². The summed E-state index contributed by atoms with van der Waals surface area (Å²) in [6.45, 7) is 7.74. The van der Waals surface area contributed by atoms with Gasteiger partial charge in [-0.15, -0.1) is 0 Å². The third-order valence-corrected chi connectivity index (χ3v) is 4.23. The second kappa shape index (κ2) is 5.91. The average Bonchev–Trinajstić information content (AvgIpc) is 3.30. The van der Waals surface area contributed by atoms with Crippen LogP contribution in [0.5, 0.6) is 5.75 Å². The van der Waals surface area contributed by atoms with E-state index in [0.717, 1.165) is 34.6 Å². The number of hydrogen-bond donors (Lipinski definition) is 0. The van der Waals surface area contributed by atoms with Gasteiger partial charge in [-0.2, -0.15) is 5.10 Å². The number of aromatic nitrogens is 3. The van der Waals surface area contributed by atoms with Gasteiger partial charge >= 0.3 is 0 Å². The Kier molecular flexibility index (Phi) is 3.73. The zero-order valence-corrected chi connectivity index (χ0v) is 14.2. The molecule has 24 heavy (non-hydrogen) atoms. The maximum absolute atomic E-state index is 5.79. The summed E-state index contributed by atoms with van der Waals surface area (Å²) in [6, 6.07) is 10.4. The lowest BCUT2D eigenvalue weighted by Gasteiger charge is -2.10. The monoisotopic (exact) mass is 323 g/mol. The van der Waals surface area contributed by atoms with E-state index in [1.54, 1.807) is 0 Å². The summed E-state index contributed by atoms with van der Waals surface area (Å²) < 4.78 is 12.9. The molecule has 5 heteroatoms. The molecule has 0 saturated carbocycles. The van der Waals surface area contributed by atoms with Crippen LogP contribution in [0.25, 0.3) is 22.3 Å². The van der Waals surface area contributed by atoms with Crippen molar-refractivity contribution in [3.63, 3.8) is 0 Å². The van der Waals surface area contributed by atoms with E-state index < -0.39 is 0 Å². The second-order valence-corrected chi connectivity index (χ2v) is 6.54. The number of pyridine rings is 1. The minimum absolute atomic E-state index is 0.255. The van der Waals surface area contributed by atoms with Crippen molar-refractivity contribution in [2.24, 2.45) is 0 Å². The van der Waals surface area contributed by atoms with Crippen LogP contribution < -0.4 is 4.74 Å². The molecule has 3 heterocycles. The number of fused-ring (bicyclic) bond motifs is 1. The van der Waals surface area contributed by atoms with Gasteiger partial charge in [0.05, 0.1) is 18.5 Å². The van der Waals surface area contributed by atoms with Gasteiger partial charge in [0, 0.05) is 17.0 Å². The highest BCUT2D eigenvalue weighted by Crippen LogP contribution is 2.28. The summed E-state index contributed by atoms with van der Waals surface area (Å²) in [6.07, 6.45) is 2.15. The fourth-order valence-corrected chi connectivity index (χ4v) is 2.80. The average molecular weight is 323 g/mol. The van der Waals surface area contributed by atoms with Gasteiger partial charge in [-0.05, 0) is 44.5 Å². The molecular formula is C19H21N3O2. The van der Waals surface area contributed by atoms with E-state index in [0.29, 0.717) is 6.61 Å². The van der Waals surface area contributed by atoms with Crippen molar-refractivity contribution in [3.8, 4) is 17.0 Å². The molecule has 0 bridgehead atoms.